The van der Waals surface area contributed by atoms with Crippen LogP contribution in [0.2, 0.25) is 10.0 Å². The second-order valence-corrected chi connectivity index (χ2v) is 6.49. The van der Waals surface area contributed by atoms with Crippen LogP contribution in [0.15, 0.2) is 35.2 Å². The normalized spacial score (nSPS) is 10.4. The molecule has 122 valence electrons. The third-order valence-electron chi connectivity index (χ3n) is 3.08. The number of benzene rings is 2. The van der Waals surface area contributed by atoms with Gasteiger partial charge < -0.3 is 9.47 Å². The van der Waals surface area contributed by atoms with Gasteiger partial charge in [-0.3, -0.25) is 4.79 Å². The van der Waals surface area contributed by atoms with Crippen molar-refractivity contribution in [3.8, 4) is 11.5 Å². The first-order valence-electron chi connectivity index (χ1n) is 6.95. The average molecular weight is 371 g/mol. The summed E-state index contributed by atoms with van der Waals surface area (Å²) in [6, 6.07) is 8.96. The van der Waals surface area contributed by atoms with E-state index in [1.807, 2.05) is 25.1 Å². The van der Waals surface area contributed by atoms with E-state index >= 15 is 0 Å². The van der Waals surface area contributed by atoms with Crippen molar-refractivity contribution < 1.29 is 14.3 Å². The number of methoxy groups -OCH3 is 1. The van der Waals surface area contributed by atoms with Crippen molar-refractivity contribution in [3.05, 3.63) is 51.5 Å². The van der Waals surface area contributed by atoms with Gasteiger partial charge in [-0.2, -0.15) is 0 Å². The summed E-state index contributed by atoms with van der Waals surface area (Å²) in [4.78, 5) is 12.1. The first-order chi connectivity index (χ1) is 11.1. The molecular formula is C17H16Cl2O3S. The van der Waals surface area contributed by atoms with Crippen LogP contribution < -0.4 is 9.47 Å². The van der Waals surface area contributed by atoms with E-state index in [0.717, 1.165) is 16.7 Å². The molecule has 0 heterocycles. The van der Waals surface area contributed by atoms with E-state index in [1.54, 1.807) is 31.0 Å². The number of carbonyl (C=O) groups is 1. The summed E-state index contributed by atoms with van der Waals surface area (Å²) in [5.41, 5.74) is 1.44. The summed E-state index contributed by atoms with van der Waals surface area (Å²) < 4.78 is 11.0. The number of rotatable bonds is 7. The monoisotopic (exact) mass is 370 g/mol. The minimum absolute atomic E-state index is 0.515. The van der Waals surface area contributed by atoms with Gasteiger partial charge >= 0.3 is 0 Å². The lowest BCUT2D eigenvalue weighted by Crippen LogP contribution is -2.01. The molecule has 0 saturated carbocycles. The summed E-state index contributed by atoms with van der Waals surface area (Å²) in [6.07, 6.45) is 0.797. The number of hydrogen-bond acceptors (Lipinski definition) is 4. The van der Waals surface area contributed by atoms with Crippen LogP contribution in [0.4, 0.5) is 0 Å². The predicted molar refractivity (Wildman–Crippen MR) is 95.6 cm³/mol. The molecule has 0 bridgehead atoms. The topological polar surface area (TPSA) is 35.5 Å². The average Bonchev–Trinajstić information content (AvgIpc) is 2.56. The van der Waals surface area contributed by atoms with E-state index < -0.39 is 0 Å². The Hall–Kier alpha value is -1.36. The first-order valence-corrected chi connectivity index (χ1v) is 8.70. The number of thioether (sulfide) groups is 1. The largest absolute Gasteiger partial charge is 0.493 e. The number of ether oxygens (including phenoxy) is 2. The standard InChI is InChI=1S/C17H16Cl2O3S/c1-3-22-17-12(6-11(9-20)7-16(17)21-2)10-23-13-4-5-14(18)15(19)8-13/h4-9H,3,10H2,1-2H3. The van der Waals surface area contributed by atoms with Gasteiger partial charge in [-0.15, -0.1) is 11.8 Å². The summed E-state index contributed by atoms with van der Waals surface area (Å²) in [5, 5.41) is 1.04. The molecule has 2 rings (SSSR count). The molecule has 0 amide bonds. The fraction of sp³-hybridized carbons (Fsp3) is 0.235. The maximum atomic E-state index is 11.1. The Balaban J connectivity index is 2.29. The highest BCUT2D eigenvalue weighted by atomic mass is 35.5. The van der Waals surface area contributed by atoms with Crippen molar-refractivity contribution >= 4 is 41.2 Å². The summed E-state index contributed by atoms with van der Waals surface area (Å²) >= 11 is 13.5. The number of aldehydes is 1. The first kappa shape index (κ1) is 18.0. The van der Waals surface area contributed by atoms with Gasteiger partial charge in [-0.05, 0) is 37.3 Å². The molecule has 0 spiro atoms. The molecule has 0 saturated heterocycles. The third kappa shape index (κ3) is 4.56. The Morgan fingerprint density at radius 1 is 1.17 bits per heavy atom. The lowest BCUT2D eigenvalue weighted by Gasteiger charge is -2.15. The fourth-order valence-corrected chi connectivity index (χ4v) is 3.31. The maximum absolute atomic E-state index is 11.1. The van der Waals surface area contributed by atoms with Crippen molar-refractivity contribution in [2.24, 2.45) is 0 Å². The summed E-state index contributed by atoms with van der Waals surface area (Å²) in [7, 11) is 1.56. The van der Waals surface area contributed by atoms with Gasteiger partial charge in [0, 0.05) is 21.8 Å². The van der Waals surface area contributed by atoms with E-state index in [2.05, 4.69) is 0 Å². The lowest BCUT2D eigenvalue weighted by atomic mass is 10.1. The van der Waals surface area contributed by atoms with Gasteiger partial charge in [0.2, 0.25) is 0 Å². The number of carbonyl (C=O) groups excluding carboxylic acids is 1. The molecule has 3 nitrogen and oxygen atoms in total. The van der Waals surface area contributed by atoms with Crippen molar-refractivity contribution in [1.29, 1.82) is 0 Å². The third-order valence-corrected chi connectivity index (χ3v) is 4.87. The molecule has 2 aromatic rings. The number of halogens is 2. The van der Waals surface area contributed by atoms with Crippen LogP contribution >= 0.6 is 35.0 Å². The SMILES string of the molecule is CCOc1c(CSc2ccc(Cl)c(Cl)c2)cc(C=O)cc1OC. The van der Waals surface area contributed by atoms with Gasteiger partial charge in [-0.1, -0.05) is 23.2 Å². The van der Waals surface area contributed by atoms with Crippen LogP contribution in [0, 0.1) is 0 Å². The van der Waals surface area contributed by atoms with Gasteiger partial charge in [0.25, 0.3) is 0 Å². The van der Waals surface area contributed by atoms with Crippen LogP contribution in [0.5, 0.6) is 11.5 Å². The molecule has 0 aliphatic rings. The summed E-state index contributed by atoms with van der Waals surface area (Å²) in [6.45, 7) is 2.42. The Labute approximate surface area is 149 Å². The second-order valence-electron chi connectivity index (χ2n) is 4.63. The zero-order chi connectivity index (χ0) is 16.8. The smallest absolute Gasteiger partial charge is 0.165 e. The van der Waals surface area contributed by atoms with Gasteiger partial charge in [0.15, 0.2) is 11.5 Å². The minimum Gasteiger partial charge on any atom is -0.493 e. The fourth-order valence-electron chi connectivity index (χ4n) is 2.05. The molecule has 0 aromatic heterocycles. The van der Waals surface area contributed by atoms with Crippen molar-refractivity contribution in [2.45, 2.75) is 17.6 Å². The molecule has 0 aliphatic heterocycles. The molecule has 6 heteroatoms. The van der Waals surface area contributed by atoms with Crippen molar-refractivity contribution in [2.75, 3.05) is 13.7 Å². The van der Waals surface area contributed by atoms with E-state index in [9.17, 15) is 4.79 Å². The molecule has 0 fully saturated rings. The van der Waals surface area contributed by atoms with E-state index in [-0.39, 0.29) is 0 Å². The Morgan fingerprint density at radius 2 is 1.96 bits per heavy atom. The highest BCUT2D eigenvalue weighted by Crippen LogP contribution is 2.37. The van der Waals surface area contributed by atoms with Crippen LogP contribution in [0.25, 0.3) is 0 Å². The molecule has 23 heavy (non-hydrogen) atoms. The van der Waals surface area contributed by atoms with E-state index in [0.29, 0.717) is 39.5 Å². The second kappa shape index (κ2) is 8.48. The summed E-state index contributed by atoms with van der Waals surface area (Å²) in [5.74, 6) is 1.83. The quantitative estimate of drug-likeness (QED) is 0.475. The van der Waals surface area contributed by atoms with E-state index in [1.165, 1.54) is 0 Å². The van der Waals surface area contributed by atoms with Crippen LogP contribution in [0.1, 0.15) is 22.8 Å². The molecule has 0 N–H and O–H groups in total. The molecule has 0 aliphatic carbocycles. The molecule has 2 aromatic carbocycles. The number of hydrogen-bond donors (Lipinski definition) is 0. The van der Waals surface area contributed by atoms with Crippen LogP contribution in [-0.4, -0.2) is 20.0 Å². The molecule has 0 atom stereocenters. The highest BCUT2D eigenvalue weighted by Gasteiger charge is 2.13. The van der Waals surface area contributed by atoms with Gasteiger partial charge in [0.1, 0.15) is 6.29 Å². The van der Waals surface area contributed by atoms with Gasteiger partial charge in [0.05, 0.1) is 23.8 Å². The Kier molecular flexibility index (Phi) is 6.63. The highest BCUT2D eigenvalue weighted by molar-refractivity contribution is 7.98. The van der Waals surface area contributed by atoms with Crippen LogP contribution in [0.3, 0.4) is 0 Å². The molecular weight excluding hydrogens is 355 g/mol. The molecule has 0 radical (unpaired) electrons. The van der Waals surface area contributed by atoms with Crippen molar-refractivity contribution in [3.63, 3.8) is 0 Å². The zero-order valence-corrected chi connectivity index (χ0v) is 15.1. The Bertz CT molecular complexity index is 704. The zero-order valence-electron chi connectivity index (χ0n) is 12.8. The maximum Gasteiger partial charge on any atom is 0.165 e. The lowest BCUT2D eigenvalue weighted by molar-refractivity contribution is 0.112. The van der Waals surface area contributed by atoms with Crippen molar-refractivity contribution in [1.82, 2.24) is 0 Å². The molecule has 0 unspecified atom stereocenters. The van der Waals surface area contributed by atoms with E-state index in [4.69, 9.17) is 32.7 Å². The predicted octanol–water partition coefficient (Wildman–Crippen LogP) is 5.51. The van der Waals surface area contributed by atoms with Crippen LogP contribution in [-0.2, 0) is 5.75 Å². The van der Waals surface area contributed by atoms with Gasteiger partial charge in [-0.25, -0.2) is 0 Å². The minimum atomic E-state index is 0.515. The Morgan fingerprint density at radius 3 is 2.57 bits per heavy atom.